The Labute approximate surface area is 106 Å². The van der Waals surface area contributed by atoms with E-state index in [1.165, 1.54) is 45.2 Å². The van der Waals surface area contributed by atoms with Crippen molar-refractivity contribution in [3.63, 3.8) is 0 Å². The fourth-order valence-electron chi connectivity index (χ4n) is 2.12. The van der Waals surface area contributed by atoms with Gasteiger partial charge in [0, 0.05) is 19.6 Å². The van der Waals surface area contributed by atoms with Crippen LogP contribution in [0.25, 0.3) is 0 Å². The molecular weight excluding hydrogens is 212 g/mol. The van der Waals surface area contributed by atoms with Crippen molar-refractivity contribution < 1.29 is 0 Å². The van der Waals surface area contributed by atoms with Crippen molar-refractivity contribution in [1.82, 2.24) is 10.2 Å². The zero-order chi connectivity index (χ0) is 12.3. The Morgan fingerprint density at radius 1 is 1.24 bits per heavy atom. The predicted molar refractivity (Wildman–Crippen MR) is 74.3 cm³/mol. The van der Waals surface area contributed by atoms with Gasteiger partial charge in [0.1, 0.15) is 0 Å². The first-order valence-electron chi connectivity index (χ1n) is 7.09. The van der Waals surface area contributed by atoms with Gasteiger partial charge in [0.15, 0.2) is 5.96 Å². The van der Waals surface area contributed by atoms with E-state index in [0.717, 1.165) is 26.1 Å². The molecule has 1 saturated heterocycles. The molecule has 0 spiro atoms. The van der Waals surface area contributed by atoms with E-state index >= 15 is 0 Å². The minimum atomic E-state index is 0.605. The molecule has 0 saturated carbocycles. The molecule has 3 N–H and O–H groups in total. The highest BCUT2D eigenvalue weighted by molar-refractivity contribution is 5.77. The quantitative estimate of drug-likeness (QED) is 0.421. The van der Waals surface area contributed by atoms with E-state index in [4.69, 9.17) is 5.73 Å². The third-order valence-corrected chi connectivity index (χ3v) is 3.23. The number of nitrogens with two attached hydrogens (primary N) is 1. The molecule has 0 amide bonds. The van der Waals surface area contributed by atoms with Crippen LogP contribution in [0.5, 0.6) is 0 Å². The molecule has 100 valence electrons. The summed E-state index contributed by atoms with van der Waals surface area (Å²) in [4.78, 5) is 6.81. The van der Waals surface area contributed by atoms with Crippen LogP contribution in [0, 0.1) is 0 Å². The fourth-order valence-corrected chi connectivity index (χ4v) is 2.12. The molecule has 1 fully saturated rings. The summed E-state index contributed by atoms with van der Waals surface area (Å²) in [6.45, 7) is 7.51. The Balaban J connectivity index is 2.07. The molecule has 0 aromatic carbocycles. The van der Waals surface area contributed by atoms with E-state index in [1.807, 2.05) is 0 Å². The Hall–Kier alpha value is -0.770. The maximum absolute atomic E-state index is 5.78. The first-order valence-corrected chi connectivity index (χ1v) is 7.09. The van der Waals surface area contributed by atoms with Crippen molar-refractivity contribution in [2.45, 2.75) is 45.4 Å². The summed E-state index contributed by atoms with van der Waals surface area (Å²) in [5, 5.41) is 3.20. The third kappa shape index (κ3) is 7.21. The number of guanidine groups is 1. The van der Waals surface area contributed by atoms with Crippen LogP contribution >= 0.6 is 0 Å². The lowest BCUT2D eigenvalue weighted by atomic mass is 10.2. The lowest BCUT2D eigenvalue weighted by molar-refractivity contribution is 0.289. The summed E-state index contributed by atoms with van der Waals surface area (Å²) >= 11 is 0. The van der Waals surface area contributed by atoms with E-state index in [2.05, 4.69) is 22.1 Å². The van der Waals surface area contributed by atoms with Gasteiger partial charge < -0.3 is 16.0 Å². The smallest absolute Gasteiger partial charge is 0.188 e. The number of likely N-dealkylation sites (tertiary alicyclic amines) is 1. The van der Waals surface area contributed by atoms with Crippen LogP contribution in [0.4, 0.5) is 0 Å². The van der Waals surface area contributed by atoms with Crippen LogP contribution < -0.4 is 11.1 Å². The van der Waals surface area contributed by atoms with E-state index in [9.17, 15) is 0 Å². The van der Waals surface area contributed by atoms with E-state index in [-0.39, 0.29) is 0 Å². The van der Waals surface area contributed by atoms with Gasteiger partial charge in [0.25, 0.3) is 0 Å². The van der Waals surface area contributed by atoms with Crippen molar-refractivity contribution in [2.75, 3.05) is 32.7 Å². The minimum Gasteiger partial charge on any atom is -0.370 e. The monoisotopic (exact) mass is 240 g/mol. The van der Waals surface area contributed by atoms with Gasteiger partial charge in [-0.05, 0) is 32.4 Å². The van der Waals surface area contributed by atoms with Gasteiger partial charge in [-0.2, -0.15) is 0 Å². The molecule has 0 radical (unpaired) electrons. The van der Waals surface area contributed by atoms with Gasteiger partial charge in [-0.3, -0.25) is 4.99 Å². The van der Waals surface area contributed by atoms with Crippen LogP contribution in [0.15, 0.2) is 4.99 Å². The molecule has 4 heteroatoms. The van der Waals surface area contributed by atoms with Crippen LogP contribution in [-0.2, 0) is 0 Å². The topological polar surface area (TPSA) is 53.6 Å². The molecular formula is C13H28N4. The number of aliphatic imine (C=N–C) groups is 1. The van der Waals surface area contributed by atoms with Gasteiger partial charge in [-0.15, -0.1) is 0 Å². The van der Waals surface area contributed by atoms with Gasteiger partial charge in [0.2, 0.25) is 0 Å². The van der Waals surface area contributed by atoms with Crippen LogP contribution in [0.1, 0.15) is 45.4 Å². The molecule has 0 aromatic heterocycles. The summed E-state index contributed by atoms with van der Waals surface area (Å²) in [6, 6.07) is 0. The minimum absolute atomic E-state index is 0.605. The Morgan fingerprint density at radius 3 is 2.59 bits per heavy atom. The SMILES string of the molecule is CCCCN=C(N)NCCN1CCCCCC1. The number of hydrogen-bond acceptors (Lipinski definition) is 2. The Kier molecular flexibility index (Phi) is 7.80. The molecule has 0 atom stereocenters. The van der Waals surface area contributed by atoms with E-state index in [1.54, 1.807) is 0 Å². The predicted octanol–water partition coefficient (Wildman–Crippen LogP) is 1.57. The Bertz CT molecular complexity index is 207. The van der Waals surface area contributed by atoms with Crippen molar-refractivity contribution >= 4 is 5.96 Å². The van der Waals surface area contributed by atoms with Crippen molar-refractivity contribution in [1.29, 1.82) is 0 Å². The highest BCUT2D eigenvalue weighted by atomic mass is 15.2. The molecule has 4 nitrogen and oxygen atoms in total. The first-order chi connectivity index (χ1) is 8.33. The third-order valence-electron chi connectivity index (χ3n) is 3.23. The lowest BCUT2D eigenvalue weighted by Crippen LogP contribution is -2.39. The summed E-state index contributed by atoms with van der Waals surface area (Å²) in [6.07, 6.45) is 7.77. The largest absolute Gasteiger partial charge is 0.370 e. The average Bonchev–Trinajstić information content (AvgIpc) is 2.58. The zero-order valence-corrected chi connectivity index (χ0v) is 11.2. The summed E-state index contributed by atoms with van der Waals surface area (Å²) in [5.74, 6) is 0.605. The number of unbranched alkanes of at least 4 members (excludes halogenated alkanes) is 1. The van der Waals surface area contributed by atoms with Crippen molar-refractivity contribution in [3.8, 4) is 0 Å². The maximum atomic E-state index is 5.78. The highest BCUT2D eigenvalue weighted by Gasteiger charge is 2.07. The summed E-state index contributed by atoms with van der Waals surface area (Å²) in [5.41, 5.74) is 5.78. The highest BCUT2D eigenvalue weighted by Crippen LogP contribution is 2.08. The number of rotatable bonds is 6. The van der Waals surface area contributed by atoms with E-state index in [0.29, 0.717) is 5.96 Å². The second-order valence-electron chi connectivity index (χ2n) is 4.80. The van der Waals surface area contributed by atoms with Crippen molar-refractivity contribution in [3.05, 3.63) is 0 Å². The number of nitrogens with zero attached hydrogens (tertiary/aromatic N) is 2. The molecule has 0 unspecified atom stereocenters. The molecule has 0 aromatic rings. The lowest BCUT2D eigenvalue weighted by Gasteiger charge is -2.19. The molecule has 1 heterocycles. The fraction of sp³-hybridized carbons (Fsp3) is 0.923. The van der Waals surface area contributed by atoms with Crippen LogP contribution in [0.3, 0.4) is 0 Å². The van der Waals surface area contributed by atoms with Gasteiger partial charge in [-0.25, -0.2) is 0 Å². The second kappa shape index (κ2) is 9.28. The van der Waals surface area contributed by atoms with E-state index < -0.39 is 0 Å². The summed E-state index contributed by atoms with van der Waals surface area (Å²) < 4.78 is 0. The van der Waals surface area contributed by atoms with Crippen LogP contribution in [-0.4, -0.2) is 43.6 Å². The van der Waals surface area contributed by atoms with Crippen LogP contribution in [0.2, 0.25) is 0 Å². The normalized spacial score (nSPS) is 19.0. The van der Waals surface area contributed by atoms with Gasteiger partial charge in [-0.1, -0.05) is 26.2 Å². The standard InChI is InChI=1S/C13H28N4/c1-2-3-8-15-13(14)16-9-12-17-10-6-4-5-7-11-17/h2-12H2,1H3,(H3,14,15,16). The molecule has 1 aliphatic heterocycles. The van der Waals surface area contributed by atoms with Gasteiger partial charge >= 0.3 is 0 Å². The summed E-state index contributed by atoms with van der Waals surface area (Å²) in [7, 11) is 0. The molecule has 0 aliphatic carbocycles. The molecule has 1 aliphatic rings. The molecule has 17 heavy (non-hydrogen) atoms. The molecule has 0 bridgehead atoms. The zero-order valence-electron chi connectivity index (χ0n) is 11.2. The Morgan fingerprint density at radius 2 is 1.94 bits per heavy atom. The number of nitrogens with one attached hydrogen (secondary N) is 1. The van der Waals surface area contributed by atoms with Crippen molar-refractivity contribution in [2.24, 2.45) is 10.7 Å². The first kappa shape index (κ1) is 14.3. The number of hydrogen-bond donors (Lipinski definition) is 2. The second-order valence-corrected chi connectivity index (χ2v) is 4.80. The average molecular weight is 240 g/mol. The van der Waals surface area contributed by atoms with Gasteiger partial charge in [0.05, 0.1) is 0 Å². The molecule has 1 rings (SSSR count). The maximum Gasteiger partial charge on any atom is 0.188 e.